The van der Waals surface area contributed by atoms with Gasteiger partial charge in [-0.1, -0.05) is 81.4 Å². The van der Waals surface area contributed by atoms with Crippen LogP contribution in [0.15, 0.2) is 22.1 Å². The molecule has 0 aromatic heterocycles. The molecule has 0 heterocycles. The maximum atomic E-state index is 5.76. The molecule has 1 N–H and O–H groups in total. The van der Waals surface area contributed by atoms with Crippen LogP contribution >= 0.6 is 38.2 Å². The lowest BCUT2D eigenvalue weighted by atomic mass is 9.74. The number of benzene rings is 1. The highest BCUT2D eigenvalue weighted by Gasteiger charge is 2.30. The van der Waals surface area contributed by atoms with Crippen LogP contribution < -0.4 is 5.09 Å². The smallest absolute Gasteiger partial charge is 0.168 e. The first kappa shape index (κ1) is 27.0. The van der Waals surface area contributed by atoms with Crippen molar-refractivity contribution in [1.82, 2.24) is 0 Å². The maximum absolute atomic E-state index is 5.76. The monoisotopic (exact) mass is 547 g/mol. The molecule has 1 rings (SSSR count). The Balaban J connectivity index is 3.73. The summed E-state index contributed by atoms with van der Waals surface area (Å²) >= 11 is 7.59. The molecule has 0 spiro atoms. The van der Waals surface area contributed by atoms with Crippen molar-refractivity contribution in [3.63, 3.8) is 0 Å². The van der Waals surface area contributed by atoms with Gasteiger partial charge in [0.15, 0.2) is 4.67 Å². The van der Waals surface area contributed by atoms with E-state index in [2.05, 4.69) is 118 Å². The van der Waals surface area contributed by atoms with Gasteiger partial charge in [0.25, 0.3) is 0 Å². The lowest BCUT2D eigenvalue weighted by Crippen LogP contribution is -2.23. The van der Waals surface area contributed by atoms with Gasteiger partial charge >= 0.3 is 0 Å². The second-order valence-electron chi connectivity index (χ2n) is 10.6. The Morgan fingerprint density at radius 2 is 1.34 bits per heavy atom. The normalized spacial score (nSPS) is 15.1. The number of ether oxygens (including phenoxy) is 1. The van der Waals surface area contributed by atoms with E-state index in [-0.39, 0.29) is 16.2 Å². The molecule has 0 aliphatic rings. The Kier molecular flexibility index (Phi) is 9.35. The van der Waals surface area contributed by atoms with Gasteiger partial charge in [0.1, 0.15) is 0 Å². The van der Waals surface area contributed by atoms with Crippen molar-refractivity contribution in [2.24, 2.45) is 0 Å². The Bertz CT molecular complexity index is 702. The fourth-order valence-corrected chi connectivity index (χ4v) is 7.70. The van der Waals surface area contributed by atoms with E-state index >= 15 is 0 Å². The van der Waals surface area contributed by atoms with Crippen molar-refractivity contribution >= 4 is 43.9 Å². The van der Waals surface area contributed by atoms with E-state index in [0.29, 0.717) is 6.61 Å². The standard InChI is InChI=1S/C24H40Br2NOP/c1-12-19(21(25)28-13-2)29(26)27-20-17(23(6,7)8)14-16(22(3,4)5)15-18(20)24(9,10)11/h14-15,27H,12-13H2,1-11H3/b21-19-. The Labute approximate surface area is 197 Å². The molecule has 166 valence electrons. The Hall–Kier alpha value is -0.0500. The van der Waals surface area contributed by atoms with E-state index in [4.69, 9.17) is 4.74 Å². The highest BCUT2D eigenvalue weighted by Crippen LogP contribution is 2.57. The highest BCUT2D eigenvalue weighted by atomic mass is 79.9. The van der Waals surface area contributed by atoms with Crippen molar-refractivity contribution in [3.05, 3.63) is 38.8 Å². The molecular formula is C24H40Br2NOP. The first-order valence-corrected chi connectivity index (χ1v) is 14.6. The van der Waals surface area contributed by atoms with Crippen molar-refractivity contribution in [2.75, 3.05) is 11.7 Å². The van der Waals surface area contributed by atoms with Gasteiger partial charge in [-0.25, -0.2) is 0 Å². The van der Waals surface area contributed by atoms with E-state index in [9.17, 15) is 0 Å². The van der Waals surface area contributed by atoms with Gasteiger partial charge in [-0.3, -0.25) is 0 Å². The summed E-state index contributed by atoms with van der Waals surface area (Å²) in [5.74, 6) is 0. The number of allylic oxidation sites excluding steroid dienone is 1. The first-order valence-electron chi connectivity index (χ1n) is 10.5. The minimum Gasteiger partial charge on any atom is -0.487 e. The number of hydrogen-bond donors (Lipinski definition) is 1. The van der Waals surface area contributed by atoms with E-state index < -0.39 is 6.77 Å². The molecule has 1 aromatic carbocycles. The van der Waals surface area contributed by atoms with E-state index in [1.54, 1.807) is 0 Å². The minimum absolute atomic E-state index is 0.0278. The van der Waals surface area contributed by atoms with Crippen LogP contribution in [0.3, 0.4) is 0 Å². The lowest BCUT2D eigenvalue weighted by Gasteiger charge is -2.35. The lowest BCUT2D eigenvalue weighted by molar-refractivity contribution is 0.258. The van der Waals surface area contributed by atoms with Crippen molar-refractivity contribution in [3.8, 4) is 0 Å². The zero-order chi connectivity index (χ0) is 22.8. The second-order valence-corrected chi connectivity index (χ2v) is 14.8. The summed E-state index contributed by atoms with van der Waals surface area (Å²) in [5.41, 5.74) is 5.53. The molecule has 0 aliphatic heterocycles. The van der Waals surface area contributed by atoms with Gasteiger partial charge in [-0.05, 0) is 77.7 Å². The molecule has 0 fully saturated rings. The van der Waals surface area contributed by atoms with Crippen molar-refractivity contribution in [1.29, 1.82) is 0 Å². The average Bonchev–Trinajstić information content (AvgIpc) is 2.52. The van der Waals surface area contributed by atoms with Crippen LogP contribution in [0.5, 0.6) is 0 Å². The topological polar surface area (TPSA) is 21.3 Å². The SMILES string of the molecule is CCO/C(Br)=C(/CC)P(Br)Nc1c(C(C)(C)C)cc(C(C)(C)C)cc1C(C)(C)C. The second kappa shape index (κ2) is 10.0. The molecule has 0 aliphatic carbocycles. The molecule has 29 heavy (non-hydrogen) atoms. The third-order valence-electron chi connectivity index (χ3n) is 4.90. The number of nitrogens with one attached hydrogen (secondary N) is 1. The zero-order valence-electron chi connectivity index (χ0n) is 20.2. The van der Waals surface area contributed by atoms with Crippen LogP contribution in [-0.4, -0.2) is 6.61 Å². The summed E-state index contributed by atoms with van der Waals surface area (Å²) in [7, 11) is 0. The van der Waals surface area contributed by atoms with Crippen molar-refractivity contribution in [2.45, 2.75) is 98.8 Å². The highest BCUT2D eigenvalue weighted by molar-refractivity contribution is 9.40. The summed E-state index contributed by atoms with van der Waals surface area (Å²) in [6.07, 6.45) is 0.917. The summed E-state index contributed by atoms with van der Waals surface area (Å²) in [6, 6.07) is 4.81. The van der Waals surface area contributed by atoms with Gasteiger partial charge in [-0.15, -0.1) is 0 Å². The van der Waals surface area contributed by atoms with Crippen LogP contribution in [0, 0.1) is 0 Å². The summed E-state index contributed by atoms with van der Waals surface area (Å²) < 4.78 is 6.60. The molecule has 0 saturated heterocycles. The van der Waals surface area contributed by atoms with E-state index in [0.717, 1.165) is 11.1 Å². The molecule has 5 heteroatoms. The van der Waals surface area contributed by atoms with E-state index in [1.165, 1.54) is 27.7 Å². The molecular weight excluding hydrogens is 509 g/mol. The molecule has 2 nitrogen and oxygen atoms in total. The minimum atomic E-state index is -0.766. The predicted octanol–water partition coefficient (Wildman–Crippen LogP) is 9.71. The Morgan fingerprint density at radius 1 is 0.897 bits per heavy atom. The molecule has 0 amide bonds. The number of anilines is 1. The van der Waals surface area contributed by atoms with Gasteiger partial charge in [0, 0.05) is 11.0 Å². The van der Waals surface area contributed by atoms with Crippen molar-refractivity contribution < 1.29 is 4.74 Å². The van der Waals surface area contributed by atoms with Crippen LogP contribution in [0.1, 0.15) is 99.3 Å². The number of rotatable bonds is 6. The molecule has 1 atom stereocenters. The molecule has 0 bridgehead atoms. The number of halogens is 2. The van der Waals surface area contributed by atoms with Crippen LogP contribution in [0.4, 0.5) is 5.69 Å². The van der Waals surface area contributed by atoms with Crippen LogP contribution in [-0.2, 0) is 21.0 Å². The van der Waals surface area contributed by atoms with Gasteiger partial charge in [0.05, 0.1) is 13.4 Å². The summed E-state index contributed by atoms with van der Waals surface area (Å²) in [4.78, 5) is 0. The number of hydrogen-bond acceptors (Lipinski definition) is 2. The largest absolute Gasteiger partial charge is 0.487 e. The van der Waals surface area contributed by atoms with Crippen LogP contribution in [0.2, 0.25) is 0 Å². The average molecular weight is 549 g/mol. The summed E-state index contributed by atoms with van der Waals surface area (Å²) in [5, 5.41) is 5.11. The van der Waals surface area contributed by atoms with E-state index in [1.807, 2.05) is 6.92 Å². The fraction of sp³-hybridized carbons (Fsp3) is 0.667. The molecule has 1 unspecified atom stereocenters. The van der Waals surface area contributed by atoms with Gasteiger partial charge in [-0.2, -0.15) is 0 Å². The van der Waals surface area contributed by atoms with Gasteiger partial charge in [0.2, 0.25) is 0 Å². The third kappa shape index (κ3) is 7.25. The predicted molar refractivity (Wildman–Crippen MR) is 140 cm³/mol. The quantitative estimate of drug-likeness (QED) is 0.282. The first-order chi connectivity index (χ1) is 13.0. The summed E-state index contributed by atoms with van der Waals surface area (Å²) in [6.45, 7) is 24.8. The molecule has 0 radical (unpaired) electrons. The van der Waals surface area contributed by atoms with Crippen LogP contribution in [0.25, 0.3) is 0 Å². The maximum Gasteiger partial charge on any atom is 0.168 e. The molecule has 1 aromatic rings. The molecule has 0 saturated carbocycles. The van der Waals surface area contributed by atoms with Gasteiger partial charge < -0.3 is 9.82 Å². The fourth-order valence-electron chi connectivity index (χ4n) is 3.11. The third-order valence-corrected chi connectivity index (χ3v) is 9.14. The zero-order valence-corrected chi connectivity index (χ0v) is 24.2. The Morgan fingerprint density at radius 3 is 1.66 bits per heavy atom.